The van der Waals surface area contributed by atoms with Gasteiger partial charge in [-0.2, -0.15) is 0 Å². The van der Waals surface area contributed by atoms with Gasteiger partial charge < -0.3 is 9.67 Å². The minimum Gasteiger partial charge on any atom is -0.385 e. The molecule has 0 fully saturated rings. The van der Waals surface area contributed by atoms with Crippen LogP contribution in [-0.2, 0) is 7.05 Å². The molecule has 1 rings (SSSR count). The van der Waals surface area contributed by atoms with Crippen molar-refractivity contribution in [2.75, 3.05) is 0 Å². The zero-order chi connectivity index (χ0) is 9.14. The Bertz CT molecular complexity index is 242. The van der Waals surface area contributed by atoms with Crippen LogP contribution in [0.4, 0.5) is 0 Å². The largest absolute Gasteiger partial charge is 0.385 e. The Balaban J connectivity index is 2.65. The van der Waals surface area contributed by atoms with Crippen LogP contribution < -0.4 is 0 Å². The second-order valence-corrected chi connectivity index (χ2v) is 3.54. The molecule has 0 aliphatic heterocycles. The smallest absolute Gasteiger partial charge is 0.137 e. The van der Waals surface area contributed by atoms with Gasteiger partial charge in [0.15, 0.2) is 0 Å². The Labute approximate surface area is 73.1 Å². The first kappa shape index (κ1) is 9.26. The summed E-state index contributed by atoms with van der Waals surface area (Å²) >= 11 is 0. The van der Waals surface area contributed by atoms with Crippen LogP contribution in [0.3, 0.4) is 0 Å². The number of aliphatic hydroxyl groups is 1. The number of aromatic nitrogens is 2. The van der Waals surface area contributed by atoms with Gasteiger partial charge in [0.2, 0.25) is 0 Å². The quantitative estimate of drug-likeness (QED) is 0.742. The molecule has 0 saturated heterocycles. The number of hydrogen-bond donors (Lipinski definition) is 1. The van der Waals surface area contributed by atoms with Gasteiger partial charge in [-0.05, 0) is 12.3 Å². The van der Waals surface area contributed by atoms with E-state index in [0.29, 0.717) is 5.92 Å². The molecule has 1 N–H and O–H groups in total. The third-order valence-corrected chi connectivity index (χ3v) is 1.85. The van der Waals surface area contributed by atoms with E-state index in [1.54, 1.807) is 6.20 Å². The van der Waals surface area contributed by atoms with Crippen molar-refractivity contribution in [2.45, 2.75) is 26.4 Å². The summed E-state index contributed by atoms with van der Waals surface area (Å²) in [5, 5.41) is 9.68. The van der Waals surface area contributed by atoms with Crippen molar-refractivity contribution in [1.29, 1.82) is 0 Å². The van der Waals surface area contributed by atoms with Crippen LogP contribution in [-0.4, -0.2) is 14.7 Å². The summed E-state index contributed by atoms with van der Waals surface area (Å²) in [6.07, 6.45) is 3.90. The predicted octanol–water partition coefficient (Wildman–Crippen LogP) is 1.50. The Morgan fingerprint density at radius 1 is 1.58 bits per heavy atom. The van der Waals surface area contributed by atoms with Crippen molar-refractivity contribution in [2.24, 2.45) is 13.0 Å². The maximum Gasteiger partial charge on any atom is 0.137 e. The summed E-state index contributed by atoms with van der Waals surface area (Å²) in [7, 11) is 1.89. The maximum absolute atomic E-state index is 9.68. The number of aryl methyl sites for hydroxylation is 1. The minimum atomic E-state index is -0.426. The fourth-order valence-corrected chi connectivity index (χ4v) is 1.25. The molecule has 0 radical (unpaired) electrons. The first-order valence-electron chi connectivity index (χ1n) is 4.26. The molecular weight excluding hydrogens is 152 g/mol. The molecule has 3 heteroatoms. The van der Waals surface area contributed by atoms with Gasteiger partial charge >= 0.3 is 0 Å². The van der Waals surface area contributed by atoms with E-state index in [4.69, 9.17) is 0 Å². The van der Waals surface area contributed by atoms with Gasteiger partial charge in [-0.1, -0.05) is 13.8 Å². The molecule has 3 nitrogen and oxygen atoms in total. The van der Waals surface area contributed by atoms with Gasteiger partial charge in [0, 0.05) is 19.4 Å². The van der Waals surface area contributed by atoms with Crippen LogP contribution in [0.5, 0.6) is 0 Å². The number of nitrogens with zero attached hydrogens (tertiary/aromatic N) is 2. The lowest BCUT2D eigenvalue weighted by molar-refractivity contribution is 0.138. The third-order valence-electron chi connectivity index (χ3n) is 1.85. The summed E-state index contributed by atoms with van der Waals surface area (Å²) < 4.78 is 1.85. The fraction of sp³-hybridized carbons (Fsp3) is 0.667. The third kappa shape index (κ3) is 2.08. The molecule has 0 aliphatic carbocycles. The first-order valence-corrected chi connectivity index (χ1v) is 4.26. The SMILES string of the molecule is CC(C)CC(O)c1nccn1C. The molecule has 1 aromatic heterocycles. The molecule has 0 bridgehead atoms. The number of hydrogen-bond acceptors (Lipinski definition) is 2. The van der Waals surface area contributed by atoms with Gasteiger partial charge in [-0.3, -0.25) is 0 Å². The van der Waals surface area contributed by atoms with Crippen LogP contribution in [0.1, 0.15) is 32.2 Å². The fourth-order valence-electron chi connectivity index (χ4n) is 1.25. The summed E-state index contributed by atoms with van der Waals surface area (Å²) in [6, 6.07) is 0. The molecular formula is C9H16N2O. The first-order chi connectivity index (χ1) is 5.61. The van der Waals surface area contributed by atoms with Crippen LogP contribution in [0.15, 0.2) is 12.4 Å². The number of rotatable bonds is 3. The highest BCUT2D eigenvalue weighted by Crippen LogP contribution is 2.18. The van der Waals surface area contributed by atoms with Crippen molar-refractivity contribution < 1.29 is 5.11 Å². The summed E-state index contributed by atoms with van der Waals surface area (Å²) in [4.78, 5) is 4.08. The molecule has 1 atom stereocenters. The molecule has 0 amide bonds. The van der Waals surface area contributed by atoms with Crippen LogP contribution in [0.2, 0.25) is 0 Å². The van der Waals surface area contributed by atoms with Gasteiger partial charge in [0.05, 0.1) is 0 Å². The van der Waals surface area contributed by atoms with Gasteiger partial charge in [0.1, 0.15) is 11.9 Å². The molecule has 1 unspecified atom stereocenters. The lowest BCUT2D eigenvalue weighted by atomic mass is 10.1. The van der Waals surface area contributed by atoms with Crippen molar-refractivity contribution in [3.05, 3.63) is 18.2 Å². The molecule has 0 saturated carbocycles. The highest BCUT2D eigenvalue weighted by molar-refractivity contribution is 4.95. The zero-order valence-corrected chi connectivity index (χ0v) is 7.86. The Kier molecular flexibility index (Phi) is 2.87. The van der Waals surface area contributed by atoms with E-state index in [1.807, 2.05) is 17.8 Å². The normalized spacial score (nSPS) is 13.8. The number of imidazole rings is 1. The molecule has 68 valence electrons. The average molecular weight is 168 g/mol. The molecule has 1 aromatic rings. The van der Waals surface area contributed by atoms with Crippen molar-refractivity contribution in [3.63, 3.8) is 0 Å². The van der Waals surface area contributed by atoms with E-state index in [1.165, 1.54) is 0 Å². The van der Waals surface area contributed by atoms with Gasteiger partial charge in [-0.15, -0.1) is 0 Å². The predicted molar refractivity (Wildman–Crippen MR) is 47.6 cm³/mol. The summed E-state index contributed by atoms with van der Waals surface area (Å²) in [6.45, 7) is 4.18. The van der Waals surface area contributed by atoms with Crippen LogP contribution in [0.25, 0.3) is 0 Å². The van der Waals surface area contributed by atoms with E-state index < -0.39 is 6.10 Å². The Morgan fingerprint density at radius 2 is 2.25 bits per heavy atom. The Morgan fingerprint density at radius 3 is 2.67 bits per heavy atom. The van der Waals surface area contributed by atoms with Crippen molar-refractivity contribution >= 4 is 0 Å². The van der Waals surface area contributed by atoms with E-state index in [-0.39, 0.29) is 0 Å². The van der Waals surface area contributed by atoms with E-state index in [9.17, 15) is 5.11 Å². The molecule has 12 heavy (non-hydrogen) atoms. The second kappa shape index (κ2) is 3.72. The molecule has 0 aromatic carbocycles. The van der Waals surface area contributed by atoms with E-state index >= 15 is 0 Å². The highest BCUT2D eigenvalue weighted by atomic mass is 16.3. The number of aliphatic hydroxyl groups excluding tert-OH is 1. The van der Waals surface area contributed by atoms with Gasteiger partial charge in [-0.25, -0.2) is 4.98 Å². The minimum absolute atomic E-state index is 0.426. The highest BCUT2D eigenvalue weighted by Gasteiger charge is 2.13. The van der Waals surface area contributed by atoms with Gasteiger partial charge in [0.25, 0.3) is 0 Å². The van der Waals surface area contributed by atoms with Crippen LogP contribution in [0, 0.1) is 5.92 Å². The van der Waals surface area contributed by atoms with E-state index in [0.717, 1.165) is 12.2 Å². The Hall–Kier alpha value is -0.830. The lowest BCUT2D eigenvalue weighted by Gasteiger charge is -2.12. The average Bonchev–Trinajstić information content (AvgIpc) is 2.33. The lowest BCUT2D eigenvalue weighted by Crippen LogP contribution is -2.07. The van der Waals surface area contributed by atoms with Crippen molar-refractivity contribution in [1.82, 2.24) is 9.55 Å². The monoisotopic (exact) mass is 168 g/mol. The summed E-state index contributed by atoms with van der Waals surface area (Å²) in [5.74, 6) is 1.25. The maximum atomic E-state index is 9.68. The molecule has 0 aliphatic rings. The van der Waals surface area contributed by atoms with Crippen molar-refractivity contribution in [3.8, 4) is 0 Å². The van der Waals surface area contributed by atoms with Crippen LogP contribution >= 0.6 is 0 Å². The molecule has 0 spiro atoms. The second-order valence-electron chi connectivity index (χ2n) is 3.54. The van der Waals surface area contributed by atoms with E-state index in [2.05, 4.69) is 18.8 Å². The zero-order valence-electron chi connectivity index (χ0n) is 7.86. The summed E-state index contributed by atoms with van der Waals surface area (Å²) in [5.41, 5.74) is 0. The molecule has 1 heterocycles. The standard InChI is InChI=1S/C9H16N2O/c1-7(2)6-8(12)9-10-4-5-11(9)3/h4-5,7-8,12H,6H2,1-3H3. The topological polar surface area (TPSA) is 38.1 Å².